The molecule has 0 spiro atoms. The van der Waals surface area contributed by atoms with E-state index in [0.29, 0.717) is 12.6 Å². The molecule has 1 aromatic carbocycles. The average Bonchev–Trinajstić information content (AvgIpc) is 2.63. The van der Waals surface area contributed by atoms with E-state index in [2.05, 4.69) is 24.3 Å². The highest BCUT2D eigenvalue weighted by atomic mass is 19.1. The molecule has 0 amide bonds. The van der Waals surface area contributed by atoms with Gasteiger partial charge in [-0.25, -0.2) is 4.39 Å². The zero-order valence-corrected chi connectivity index (χ0v) is 11.9. The molecule has 0 saturated carbocycles. The molecular weight excluding hydrogens is 241 g/mol. The second kappa shape index (κ2) is 5.43. The third-order valence-electron chi connectivity index (χ3n) is 3.17. The Bertz CT molecular complexity index is 573. The standard InChI is InChI=1S/C15H20FN3/c1-10(2)19-12(4)15(11(3)18-19)17-9-13-6-5-7-14(16)8-13/h5-8,10,17H,9H2,1-4H3. The highest BCUT2D eigenvalue weighted by molar-refractivity contribution is 5.52. The summed E-state index contributed by atoms with van der Waals surface area (Å²) < 4.78 is 15.1. The number of aromatic nitrogens is 2. The molecule has 102 valence electrons. The number of anilines is 1. The van der Waals surface area contributed by atoms with E-state index in [1.807, 2.05) is 24.6 Å². The van der Waals surface area contributed by atoms with Gasteiger partial charge in [0.2, 0.25) is 0 Å². The molecule has 2 rings (SSSR count). The van der Waals surface area contributed by atoms with Gasteiger partial charge in [-0.3, -0.25) is 4.68 Å². The minimum absolute atomic E-state index is 0.203. The van der Waals surface area contributed by atoms with E-state index in [1.165, 1.54) is 6.07 Å². The van der Waals surface area contributed by atoms with Crippen molar-refractivity contribution in [3.63, 3.8) is 0 Å². The number of halogens is 1. The predicted octanol–water partition coefficient (Wildman–Crippen LogP) is 3.83. The van der Waals surface area contributed by atoms with Crippen molar-refractivity contribution < 1.29 is 4.39 Å². The van der Waals surface area contributed by atoms with Gasteiger partial charge in [-0.15, -0.1) is 0 Å². The second-order valence-corrected chi connectivity index (χ2v) is 5.07. The van der Waals surface area contributed by atoms with Crippen LogP contribution in [0, 0.1) is 19.7 Å². The molecule has 0 radical (unpaired) electrons. The van der Waals surface area contributed by atoms with Gasteiger partial charge in [0.05, 0.1) is 17.1 Å². The zero-order chi connectivity index (χ0) is 14.0. The van der Waals surface area contributed by atoms with E-state index in [1.54, 1.807) is 12.1 Å². The van der Waals surface area contributed by atoms with Crippen molar-refractivity contribution in [2.75, 3.05) is 5.32 Å². The fourth-order valence-electron chi connectivity index (χ4n) is 2.26. The molecule has 1 heterocycles. The van der Waals surface area contributed by atoms with Crippen LogP contribution in [-0.4, -0.2) is 9.78 Å². The third kappa shape index (κ3) is 2.95. The Morgan fingerprint density at radius 3 is 2.63 bits per heavy atom. The lowest BCUT2D eigenvalue weighted by molar-refractivity contribution is 0.516. The van der Waals surface area contributed by atoms with Crippen LogP contribution in [0.25, 0.3) is 0 Å². The summed E-state index contributed by atoms with van der Waals surface area (Å²) in [6.45, 7) is 8.85. The number of nitrogens with zero attached hydrogens (tertiary/aromatic N) is 2. The Morgan fingerprint density at radius 2 is 2.05 bits per heavy atom. The minimum atomic E-state index is -0.203. The summed E-state index contributed by atoms with van der Waals surface area (Å²) in [5.74, 6) is -0.203. The maximum absolute atomic E-state index is 13.1. The monoisotopic (exact) mass is 261 g/mol. The molecule has 0 atom stereocenters. The molecule has 0 aliphatic rings. The fraction of sp³-hybridized carbons (Fsp3) is 0.400. The highest BCUT2D eigenvalue weighted by Crippen LogP contribution is 2.23. The lowest BCUT2D eigenvalue weighted by Crippen LogP contribution is -2.06. The molecule has 0 aliphatic heterocycles. The Morgan fingerprint density at radius 1 is 1.32 bits per heavy atom. The van der Waals surface area contributed by atoms with Gasteiger partial charge in [-0.1, -0.05) is 12.1 Å². The molecule has 0 bridgehead atoms. The molecule has 19 heavy (non-hydrogen) atoms. The molecule has 2 aromatic rings. The number of benzene rings is 1. The quantitative estimate of drug-likeness (QED) is 0.906. The number of hydrogen-bond donors (Lipinski definition) is 1. The van der Waals surface area contributed by atoms with Gasteiger partial charge < -0.3 is 5.32 Å². The number of rotatable bonds is 4. The van der Waals surface area contributed by atoms with Crippen LogP contribution in [0.3, 0.4) is 0 Å². The van der Waals surface area contributed by atoms with Crippen LogP contribution >= 0.6 is 0 Å². The van der Waals surface area contributed by atoms with Gasteiger partial charge in [0.15, 0.2) is 0 Å². The maximum atomic E-state index is 13.1. The molecule has 4 heteroatoms. The largest absolute Gasteiger partial charge is 0.378 e. The summed E-state index contributed by atoms with van der Waals surface area (Å²) in [5.41, 5.74) is 4.06. The lowest BCUT2D eigenvalue weighted by atomic mass is 10.2. The smallest absolute Gasteiger partial charge is 0.123 e. The van der Waals surface area contributed by atoms with Crippen molar-refractivity contribution in [3.05, 3.63) is 47.0 Å². The first-order valence-electron chi connectivity index (χ1n) is 6.53. The second-order valence-electron chi connectivity index (χ2n) is 5.07. The number of aryl methyl sites for hydroxylation is 1. The molecule has 1 aromatic heterocycles. The van der Waals surface area contributed by atoms with Gasteiger partial charge >= 0.3 is 0 Å². The van der Waals surface area contributed by atoms with Crippen LogP contribution in [0.4, 0.5) is 10.1 Å². The van der Waals surface area contributed by atoms with Crippen LogP contribution in [0.1, 0.15) is 36.8 Å². The van der Waals surface area contributed by atoms with Gasteiger partial charge in [0, 0.05) is 12.6 Å². The molecule has 0 unspecified atom stereocenters. The first kappa shape index (κ1) is 13.6. The van der Waals surface area contributed by atoms with Crippen molar-refractivity contribution in [1.82, 2.24) is 9.78 Å². The molecular formula is C15H20FN3. The Hall–Kier alpha value is -1.84. The fourth-order valence-corrected chi connectivity index (χ4v) is 2.26. The summed E-state index contributed by atoms with van der Waals surface area (Å²) in [6, 6.07) is 6.97. The van der Waals surface area contributed by atoms with Crippen LogP contribution in [-0.2, 0) is 6.54 Å². The van der Waals surface area contributed by atoms with Crippen LogP contribution in [0.15, 0.2) is 24.3 Å². The van der Waals surface area contributed by atoms with Gasteiger partial charge in [-0.2, -0.15) is 5.10 Å². The van der Waals surface area contributed by atoms with Crippen molar-refractivity contribution in [1.29, 1.82) is 0 Å². The molecule has 0 fully saturated rings. The summed E-state index contributed by atoms with van der Waals surface area (Å²) in [7, 11) is 0. The summed E-state index contributed by atoms with van der Waals surface area (Å²) in [6.07, 6.45) is 0. The van der Waals surface area contributed by atoms with Crippen LogP contribution in [0.2, 0.25) is 0 Å². The molecule has 1 N–H and O–H groups in total. The molecule has 0 aliphatic carbocycles. The van der Waals surface area contributed by atoms with Crippen LogP contribution < -0.4 is 5.32 Å². The van der Waals surface area contributed by atoms with E-state index >= 15 is 0 Å². The van der Waals surface area contributed by atoms with Crippen molar-refractivity contribution >= 4 is 5.69 Å². The Kier molecular flexibility index (Phi) is 3.88. The topological polar surface area (TPSA) is 29.9 Å². The number of hydrogen-bond acceptors (Lipinski definition) is 2. The van der Waals surface area contributed by atoms with Crippen molar-refractivity contribution in [2.45, 2.75) is 40.3 Å². The maximum Gasteiger partial charge on any atom is 0.123 e. The number of nitrogens with one attached hydrogen (secondary N) is 1. The summed E-state index contributed by atoms with van der Waals surface area (Å²) in [4.78, 5) is 0. The molecule has 0 saturated heterocycles. The average molecular weight is 261 g/mol. The van der Waals surface area contributed by atoms with Crippen LogP contribution in [0.5, 0.6) is 0 Å². The SMILES string of the molecule is Cc1nn(C(C)C)c(C)c1NCc1cccc(F)c1. The van der Waals surface area contributed by atoms with Gasteiger partial charge in [0.1, 0.15) is 5.82 Å². The third-order valence-corrected chi connectivity index (χ3v) is 3.17. The first-order chi connectivity index (χ1) is 8.99. The Balaban J connectivity index is 2.16. The summed E-state index contributed by atoms with van der Waals surface area (Å²) >= 11 is 0. The lowest BCUT2D eigenvalue weighted by Gasteiger charge is -2.10. The highest BCUT2D eigenvalue weighted by Gasteiger charge is 2.12. The predicted molar refractivity (Wildman–Crippen MR) is 75.8 cm³/mol. The van der Waals surface area contributed by atoms with E-state index in [9.17, 15) is 4.39 Å². The van der Waals surface area contributed by atoms with E-state index < -0.39 is 0 Å². The van der Waals surface area contributed by atoms with E-state index in [0.717, 1.165) is 22.6 Å². The van der Waals surface area contributed by atoms with Gasteiger partial charge in [0.25, 0.3) is 0 Å². The zero-order valence-electron chi connectivity index (χ0n) is 11.9. The van der Waals surface area contributed by atoms with Crippen molar-refractivity contribution in [3.8, 4) is 0 Å². The molecule has 3 nitrogen and oxygen atoms in total. The van der Waals surface area contributed by atoms with E-state index in [4.69, 9.17) is 0 Å². The van der Waals surface area contributed by atoms with Gasteiger partial charge in [-0.05, 0) is 45.4 Å². The minimum Gasteiger partial charge on any atom is -0.378 e. The van der Waals surface area contributed by atoms with E-state index in [-0.39, 0.29) is 5.82 Å². The Labute approximate surface area is 113 Å². The van der Waals surface area contributed by atoms with Crippen molar-refractivity contribution in [2.24, 2.45) is 0 Å². The summed E-state index contributed by atoms with van der Waals surface area (Å²) in [5, 5.41) is 7.87. The first-order valence-corrected chi connectivity index (χ1v) is 6.53. The normalized spacial score (nSPS) is 11.1.